The second-order valence-electron chi connectivity index (χ2n) is 3.76. The van der Waals surface area contributed by atoms with Crippen LogP contribution in [0.15, 0.2) is 12.2 Å². The van der Waals surface area contributed by atoms with Gasteiger partial charge in [-0.2, -0.15) is 5.26 Å². The quantitative estimate of drug-likeness (QED) is 0.369. The van der Waals surface area contributed by atoms with Crippen LogP contribution in [0.3, 0.4) is 0 Å². The average molecular weight is 194 g/mol. The maximum atomic E-state index is 10.8. The number of nitrogens with zero attached hydrogens (tertiary/aromatic N) is 2. The third-order valence-corrected chi connectivity index (χ3v) is 2.21. The Morgan fingerprint density at radius 2 is 2.14 bits per heavy atom. The van der Waals surface area contributed by atoms with Crippen LogP contribution < -0.4 is 0 Å². The molecule has 0 amide bonds. The molecule has 0 aliphatic rings. The molecular formula is C11H18N2O. The van der Waals surface area contributed by atoms with Gasteiger partial charge < -0.3 is 9.69 Å². The molecule has 0 spiro atoms. The van der Waals surface area contributed by atoms with Gasteiger partial charge in [0, 0.05) is 20.0 Å². The molecule has 0 aromatic heterocycles. The van der Waals surface area contributed by atoms with Crippen LogP contribution >= 0.6 is 0 Å². The highest BCUT2D eigenvalue weighted by Gasteiger charge is 2.12. The fourth-order valence-electron chi connectivity index (χ4n) is 1.24. The Hall–Kier alpha value is -1.30. The zero-order chi connectivity index (χ0) is 11.1. The van der Waals surface area contributed by atoms with Crippen LogP contribution in [0.4, 0.5) is 0 Å². The van der Waals surface area contributed by atoms with Crippen LogP contribution in [-0.2, 0) is 4.79 Å². The highest BCUT2D eigenvalue weighted by molar-refractivity contribution is 5.75. The smallest absolute Gasteiger partial charge is 0.179 e. The minimum absolute atomic E-state index is 0.191. The van der Waals surface area contributed by atoms with Crippen molar-refractivity contribution in [3.05, 3.63) is 12.2 Å². The van der Waals surface area contributed by atoms with Crippen LogP contribution in [0, 0.1) is 17.4 Å². The van der Waals surface area contributed by atoms with Crippen LogP contribution in [0.2, 0.25) is 0 Å². The van der Waals surface area contributed by atoms with Crippen molar-refractivity contribution >= 4 is 5.78 Å². The van der Waals surface area contributed by atoms with Gasteiger partial charge in [0.15, 0.2) is 6.19 Å². The Morgan fingerprint density at radius 3 is 2.50 bits per heavy atom. The van der Waals surface area contributed by atoms with E-state index in [9.17, 15) is 4.79 Å². The zero-order valence-corrected chi connectivity index (χ0v) is 9.21. The third-order valence-electron chi connectivity index (χ3n) is 2.21. The molecule has 0 aromatic carbocycles. The second kappa shape index (κ2) is 6.20. The minimum atomic E-state index is 0.191. The van der Waals surface area contributed by atoms with E-state index in [4.69, 9.17) is 5.26 Å². The molecule has 3 heteroatoms. The minimum Gasteiger partial charge on any atom is -0.313 e. The number of hydrogen-bond donors (Lipinski definition) is 0. The Kier molecular flexibility index (Phi) is 5.62. The fraction of sp³-hybridized carbons (Fsp3) is 0.636. The van der Waals surface area contributed by atoms with Gasteiger partial charge >= 0.3 is 0 Å². The third kappa shape index (κ3) is 5.36. The second-order valence-corrected chi connectivity index (χ2v) is 3.76. The molecule has 0 aliphatic heterocycles. The zero-order valence-electron chi connectivity index (χ0n) is 9.21. The van der Waals surface area contributed by atoms with Crippen LogP contribution in [0.1, 0.15) is 26.7 Å². The highest BCUT2D eigenvalue weighted by Crippen LogP contribution is 2.16. The lowest BCUT2D eigenvalue weighted by Gasteiger charge is -2.19. The van der Waals surface area contributed by atoms with E-state index in [0.717, 1.165) is 12.0 Å². The SMILES string of the molecule is C=C(C)[C@@H](CCC(C)=O)CN(C)C#N. The molecule has 0 saturated carbocycles. The van der Waals surface area contributed by atoms with E-state index in [1.165, 1.54) is 0 Å². The van der Waals surface area contributed by atoms with E-state index in [2.05, 4.69) is 6.58 Å². The van der Waals surface area contributed by atoms with Crippen LogP contribution in [0.25, 0.3) is 0 Å². The molecule has 0 unspecified atom stereocenters. The van der Waals surface area contributed by atoms with Crippen molar-refractivity contribution in [2.75, 3.05) is 13.6 Å². The van der Waals surface area contributed by atoms with E-state index < -0.39 is 0 Å². The summed E-state index contributed by atoms with van der Waals surface area (Å²) >= 11 is 0. The normalized spacial score (nSPS) is 11.6. The molecule has 0 rings (SSSR count). The molecule has 1 atom stereocenters. The maximum absolute atomic E-state index is 10.8. The molecule has 78 valence electrons. The lowest BCUT2D eigenvalue weighted by Crippen LogP contribution is -2.22. The summed E-state index contributed by atoms with van der Waals surface area (Å²) in [6.45, 7) is 8.05. The molecule has 0 bridgehead atoms. The lowest BCUT2D eigenvalue weighted by atomic mass is 9.95. The summed E-state index contributed by atoms with van der Waals surface area (Å²) in [6, 6.07) is 0. The Morgan fingerprint density at radius 1 is 1.57 bits per heavy atom. The van der Waals surface area contributed by atoms with Crippen molar-refractivity contribution in [1.82, 2.24) is 4.90 Å². The van der Waals surface area contributed by atoms with Gasteiger partial charge in [-0.3, -0.25) is 0 Å². The lowest BCUT2D eigenvalue weighted by molar-refractivity contribution is -0.117. The van der Waals surface area contributed by atoms with E-state index >= 15 is 0 Å². The van der Waals surface area contributed by atoms with Gasteiger partial charge in [0.25, 0.3) is 0 Å². The fourth-order valence-corrected chi connectivity index (χ4v) is 1.24. The molecule has 3 nitrogen and oxygen atoms in total. The summed E-state index contributed by atoms with van der Waals surface area (Å²) in [6.07, 6.45) is 3.40. The van der Waals surface area contributed by atoms with Crippen molar-refractivity contribution < 1.29 is 4.79 Å². The van der Waals surface area contributed by atoms with Gasteiger partial charge in [-0.1, -0.05) is 12.2 Å². The summed E-state index contributed by atoms with van der Waals surface area (Å²) in [5.74, 6) is 0.430. The van der Waals surface area contributed by atoms with Crippen molar-refractivity contribution in [3.63, 3.8) is 0 Å². The number of nitriles is 1. The molecule has 0 heterocycles. The number of carbonyl (C=O) groups is 1. The van der Waals surface area contributed by atoms with E-state index in [0.29, 0.717) is 13.0 Å². The average Bonchev–Trinajstić information content (AvgIpc) is 2.10. The van der Waals surface area contributed by atoms with Crippen molar-refractivity contribution in [1.29, 1.82) is 5.26 Å². The molecule has 14 heavy (non-hydrogen) atoms. The monoisotopic (exact) mass is 194 g/mol. The first-order chi connectivity index (χ1) is 6.47. The topological polar surface area (TPSA) is 44.1 Å². The van der Waals surface area contributed by atoms with Gasteiger partial charge in [0.1, 0.15) is 5.78 Å². The van der Waals surface area contributed by atoms with Crippen molar-refractivity contribution in [3.8, 4) is 6.19 Å². The van der Waals surface area contributed by atoms with Gasteiger partial charge in [-0.15, -0.1) is 0 Å². The maximum Gasteiger partial charge on any atom is 0.179 e. The molecule has 0 aromatic rings. The predicted molar refractivity (Wildman–Crippen MR) is 56.5 cm³/mol. The van der Waals surface area contributed by atoms with Gasteiger partial charge in [-0.25, -0.2) is 0 Å². The first-order valence-corrected chi connectivity index (χ1v) is 4.73. The summed E-state index contributed by atoms with van der Waals surface area (Å²) < 4.78 is 0. The number of ketones is 1. The molecule has 0 radical (unpaired) electrons. The van der Waals surface area contributed by atoms with Gasteiger partial charge in [0.2, 0.25) is 0 Å². The Balaban J connectivity index is 4.11. The summed E-state index contributed by atoms with van der Waals surface area (Å²) in [7, 11) is 1.74. The molecular weight excluding hydrogens is 176 g/mol. The molecule has 0 N–H and O–H groups in total. The first kappa shape index (κ1) is 12.7. The standard InChI is InChI=1S/C11H18N2O/c1-9(2)11(6-5-10(3)14)7-13(4)8-12/h11H,1,5-7H2,2-4H3/t11-/m0/s1. The summed E-state index contributed by atoms with van der Waals surface area (Å²) in [4.78, 5) is 12.4. The van der Waals surface area contributed by atoms with E-state index in [1.807, 2.05) is 13.1 Å². The number of hydrogen-bond acceptors (Lipinski definition) is 3. The number of carbonyl (C=O) groups excluding carboxylic acids is 1. The Bertz CT molecular complexity index is 253. The molecule has 0 aliphatic carbocycles. The summed E-state index contributed by atoms with van der Waals surface area (Å²) in [5, 5.41) is 8.62. The Labute approximate surface area is 86.0 Å². The molecule has 0 saturated heterocycles. The number of Topliss-reactive ketones (excluding diaryl/α,β-unsaturated/α-hetero) is 1. The van der Waals surface area contributed by atoms with Crippen molar-refractivity contribution in [2.24, 2.45) is 5.92 Å². The summed E-state index contributed by atoms with van der Waals surface area (Å²) in [5.41, 5.74) is 1.04. The van der Waals surface area contributed by atoms with E-state index in [-0.39, 0.29) is 11.7 Å². The number of rotatable bonds is 6. The van der Waals surface area contributed by atoms with Gasteiger partial charge in [-0.05, 0) is 26.2 Å². The van der Waals surface area contributed by atoms with Crippen LogP contribution in [-0.4, -0.2) is 24.3 Å². The predicted octanol–water partition coefficient (Wildman–Crippen LogP) is 1.96. The largest absolute Gasteiger partial charge is 0.313 e. The van der Waals surface area contributed by atoms with Crippen molar-refractivity contribution in [2.45, 2.75) is 26.7 Å². The molecule has 0 fully saturated rings. The highest BCUT2D eigenvalue weighted by atomic mass is 16.1. The first-order valence-electron chi connectivity index (χ1n) is 4.73. The van der Waals surface area contributed by atoms with Gasteiger partial charge in [0.05, 0.1) is 0 Å². The van der Waals surface area contributed by atoms with E-state index in [1.54, 1.807) is 18.9 Å². The van der Waals surface area contributed by atoms with Crippen LogP contribution in [0.5, 0.6) is 0 Å².